The van der Waals surface area contributed by atoms with E-state index in [-0.39, 0.29) is 40.4 Å². The molecule has 3 heterocycles. The molecule has 162 valence electrons. The molecular formula is C20H30BrN3O4S. The van der Waals surface area contributed by atoms with Crippen LogP contribution in [-0.2, 0) is 14.4 Å². The first-order valence-electron chi connectivity index (χ1n) is 10.6. The monoisotopic (exact) mass is 487 g/mol. The third-order valence-electron chi connectivity index (χ3n) is 7.22. The first-order chi connectivity index (χ1) is 13.9. The lowest BCUT2D eigenvalue weighted by molar-refractivity contribution is -0.142. The summed E-state index contributed by atoms with van der Waals surface area (Å²) in [6.45, 7) is 1.56. The molecule has 0 aromatic heterocycles. The van der Waals surface area contributed by atoms with Gasteiger partial charge in [-0.2, -0.15) is 0 Å². The number of hydrogen-bond acceptors (Lipinski definition) is 5. The van der Waals surface area contributed by atoms with Crippen LogP contribution < -0.4 is 10.6 Å². The van der Waals surface area contributed by atoms with Gasteiger partial charge in [0.25, 0.3) is 0 Å². The number of halogens is 1. The molecule has 29 heavy (non-hydrogen) atoms. The van der Waals surface area contributed by atoms with E-state index in [9.17, 15) is 19.5 Å². The molecule has 7 atom stereocenters. The normalized spacial score (nSPS) is 40.1. The zero-order valence-electron chi connectivity index (χ0n) is 16.9. The summed E-state index contributed by atoms with van der Waals surface area (Å²) in [5.41, 5.74) is 0. The zero-order valence-corrected chi connectivity index (χ0v) is 19.3. The highest BCUT2D eigenvalue weighted by Gasteiger charge is 2.75. The molecule has 4 fully saturated rings. The highest BCUT2D eigenvalue weighted by molar-refractivity contribution is 9.09. The standard InChI is InChI=1S/C20H30BrN3O4S/c1-10(9-25)24-16(18(27)23-11-6-4-3-5-7-11)20-8-12(21)15(29-20)13(17(26)22-2)14(20)19(24)28/h10-16,25H,3-9H2,1-2H3,(H,22,26)(H,23,27)/t10-,12?,13+,14+,15+,16?,20?/m1/s1. The van der Waals surface area contributed by atoms with E-state index in [2.05, 4.69) is 26.6 Å². The van der Waals surface area contributed by atoms with Crippen LogP contribution in [0.3, 0.4) is 0 Å². The molecule has 3 N–H and O–H groups in total. The first kappa shape index (κ1) is 21.4. The summed E-state index contributed by atoms with van der Waals surface area (Å²) >= 11 is 5.35. The number of hydrogen-bond donors (Lipinski definition) is 3. The number of nitrogens with one attached hydrogen (secondary N) is 2. The first-order valence-corrected chi connectivity index (χ1v) is 12.4. The third-order valence-corrected chi connectivity index (χ3v) is 10.4. The summed E-state index contributed by atoms with van der Waals surface area (Å²) in [6, 6.07) is -0.983. The van der Waals surface area contributed by atoms with Gasteiger partial charge in [-0.05, 0) is 26.2 Å². The quantitative estimate of drug-likeness (QED) is 0.503. The Balaban J connectivity index is 1.70. The van der Waals surface area contributed by atoms with E-state index in [1.54, 1.807) is 30.6 Å². The smallest absolute Gasteiger partial charge is 0.244 e. The van der Waals surface area contributed by atoms with E-state index in [0.717, 1.165) is 25.7 Å². The molecule has 2 bridgehead atoms. The number of rotatable bonds is 5. The Hall–Kier alpha value is -0.800. The highest BCUT2D eigenvalue weighted by atomic mass is 79.9. The SMILES string of the molecule is CNC(=O)[C@H]1[C@H]2C(=O)N([C@H](C)CO)C(C(=O)NC3CCCCC3)C23CC(Br)[C@@H]1S3. The number of nitrogens with zero attached hydrogens (tertiary/aromatic N) is 1. The summed E-state index contributed by atoms with van der Waals surface area (Å²) in [7, 11) is 1.59. The van der Waals surface area contributed by atoms with Gasteiger partial charge in [-0.25, -0.2) is 0 Å². The van der Waals surface area contributed by atoms with E-state index in [1.165, 1.54) is 6.42 Å². The molecule has 3 amide bonds. The Morgan fingerprint density at radius 1 is 1.31 bits per heavy atom. The van der Waals surface area contributed by atoms with Crippen LogP contribution in [0.5, 0.6) is 0 Å². The fraction of sp³-hybridized carbons (Fsp3) is 0.850. The largest absolute Gasteiger partial charge is 0.394 e. The van der Waals surface area contributed by atoms with Crippen molar-refractivity contribution in [1.29, 1.82) is 0 Å². The van der Waals surface area contributed by atoms with Gasteiger partial charge < -0.3 is 20.6 Å². The van der Waals surface area contributed by atoms with Gasteiger partial charge in [0.2, 0.25) is 17.7 Å². The molecule has 3 saturated heterocycles. The van der Waals surface area contributed by atoms with Crippen LogP contribution in [0.15, 0.2) is 0 Å². The molecule has 0 aromatic rings. The zero-order chi connectivity index (χ0) is 20.9. The Morgan fingerprint density at radius 3 is 2.62 bits per heavy atom. The second-order valence-electron chi connectivity index (χ2n) is 8.90. The van der Waals surface area contributed by atoms with Crippen molar-refractivity contribution in [3.05, 3.63) is 0 Å². The molecular weight excluding hydrogens is 458 g/mol. The second kappa shape index (κ2) is 8.04. The van der Waals surface area contributed by atoms with Crippen molar-refractivity contribution in [2.75, 3.05) is 13.7 Å². The van der Waals surface area contributed by atoms with Crippen LogP contribution in [0.4, 0.5) is 0 Å². The predicted octanol–water partition coefficient (Wildman–Crippen LogP) is 1.03. The van der Waals surface area contributed by atoms with Crippen LogP contribution in [0.1, 0.15) is 45.4 Å². The fourth-order valence-corrected chi connectivity index (χ4v) is 9.52. The van der Waals surface area contributed by atoms with Crippen molar-refractivity contribution in [3.8, 4) is 0 Å². The Kier molecular flexibility index (Phi) is 5.94. The number of carbonyl (C=O) groups is 3. The topological polar surface area (TPSA) is 98.7 Å². The van der Waals surface area contributed by atoms with Gasteiger partial charge in [0.1, 0.15) is 6.04 Å². The fourth-order valence-electron chi connectivity index (χ4n) is 5.92. The van der Waals surface area contributed by atoms with Crippen molar-refractivity contribution in [1.82, 2.24) is 15.5 Å². The van der Waals surface area contributed by atoms with Gasteiger partial charge in [0.15, 0.2) is 0 Å². The van der Waals surface area contributed by atoms with Crippen molar-refractivity contribution >= 4 is 45.4 Å². The molecule has 7 nitrogen and oxygen atoms in total. The Morgan fingerprint density at radius 2 is 2.00 bits per heavy atom. The van der Waals surface area contributed by atoms with Crippen molar-refractivity contribution in [3.63, 3.8) is 0 Å². The van der Waals surface area contributed by atoms with Crippen molar-refractivity contribution in [2.24, 2.45) is 11.8 Å². The van der Waals surface area contributed by atoms with Crippen molar-refractivity contribution < 1.29 is 19.5 Å². The molecule has 1 spiro atoms. The summed E-state index contributed by atoms with van der Waals surface area (Å²) in [5.74, 6) is -1.42. The number of fused-ring (bicyclic) bond motifs is 1. The lowest BCUT2D eigenvalue weighted by Crippen LogP contribution is -2.58. The van der Waals surface area contributed by atoms with Gasteiger partial charge in [-0.1, -0.05) is 35.2 Å². The maximum atomic E-state index is 13.6. The number of likely N-dealkylation sites (tertiary alicyclic amines) is 1. The molecule has 0 aromatic carbocycles. The maximum absolute atomic E-state index is 13.6. The highest BCUT2D eigenvalue weighted by Crippen LogP contribution is 2.67. The maximum Gasteiger partial charge on any atom is 0.244 e. The van der Waals surface area contributed by atoms with E-state index in [4.69, 9.17) is 0 Å². The molecule has 3 unspecified atom stereocenters. The van der Waals surface area contributed by atoms with Crippen molar-refractivity contribution in [2.45, 2.75) is 78.4 Å². The summed E-state index contributed by atoms with van der Waals surface area (Å²) in [6.07, 6.45) is 6.02. The van der Waals surface area contributed by atoms with Gasteiger partial charge in [-0.15, -0.1) is 11.8 Å². The lowest BCUT2D eigenvalue weighted by Gasteiger charge is -2.37. The van der Waals surface area contributed by atoms with Gasteiger partial charge in [0, 0.05) is 23.2 Å². The summed E-state index contributed by atoms with van der Waals surface area (Å²) < 4.78 is -0.630. The van der Waals surface area contributed by atoms with E-state index in [0.29, 0.717) is 6.42 Å². The second-order valence-corrected chi connectivity index (χ2v) is 11.6. The van der Waals surface area contributed by atoms with Crippen LogP contribution in [-0.4, -0.2) is 74.3 Å². The number of aliphatic hydroxyl groups excluding tert-OH is 1. The van der Waals surface area contributed by atoms with Crippen LogP contribution in [0.2, 0.25) is 0 Å². The molecule has 1 aliphatic carbocycles. The summed E-state index contributed by atoms with van der Waals surface area (Å²) in [4.78, 5) is 41.5. The number of thioether (sulfide) groups is 1. The lowest BCUT2D eigenvalue weighted by atomic mass is 9.70. The Labute approximate surface area is 184 Å². The van der Waals surface area contributed by atoms with Gasteiger partial charge in [0.05, 0.1) is 29.2 Å². The minimum atomic E-state index is -0.659. The molecule has 4 aliphatic rings. The number of carbonyl (C=O) groups excluding carboxylic acids is 3. The molecule has 0 radical (unpaired) electrons. The number of amides is 3. The average Bonchev–Trinajstić information content (AvgIpc) is 3.31. The molecule has 1 saturated carbocycles. The van der Waals surface area contributed by atoms with Crippen LogP contribution in [0.25, 0.3) is 0 Å². The number of aliphatic hydroxyl groups is 1. The minimum absolute atomic E-state index is 0.0273. The molecule has 9 heteroatoms. The molecule has 4 rings (SSSR count). The van der Waals surface area contributed by atoms with E-state index < -0.39 is 28.7 Å². The Bertz CT molecular complexity index is 703. The van der Waals surface area contributed by atoms with Gasteiger partial charge >= 0.3 is 0 Å². The van der Waals surface area contributed by atoms with E-state index in [1.807, 2.05) is 0 Å². The average molecular weight is 488 g/mol. The third kappa shape index (κ3) is 3.22. The predicted molar refractivity (Wildman–Crippen MR) is 115 cm³/mol. The number of alkyl halides is 1. The van der Waals surface area contributed by atoms with Crippen LogP contribution in [0, 0.1) is 11.8 Å². The van der Waals surface area contributed by atoms with Gasteiger partial charge in [-0.3, -0.25) is 14.4 Å². The van der Waals surface area contributed by atoms with Crippen LogP contribution >= 0.6 is 27.7 Å². The summed E-state index contributed by atoms with van der Waals surface area (Å²) in [5, 5.41) is 15.7. The van der Waals surface area contributed by atoms with E-state index >= 15 is 0 Å². The molecule has 3 aliphatic heterocycles. The minimum Gasteiger partial charge on any atom is -0.394 e.